The number of nitrogens with one attached hydrogen (secondary N) is 2. The van der Waals surface area contributed by atoms with Crippen molar-refractivity contribution in [1.82, 2.24) is 5.32 Å². The van der Waals surface area contributed by atoms with Crippen LogP contribution in [0.15, 0.2) is 59.5 Å². The van der Waals surface area contributed by atoms with Crippen molar-refractivity contribution >= 4 is 22.4 Å². The maximum Gasteiger partial charge on any atom is 0.225 e. The van der Waals surface area contributed by atoms with Gasteiger partial charge >= 0.3 is 0 Å². The fraction of sp³-hybridized carbons (Fsp3) is 0.316. The third kappa shape index (κ3) is 4.76. The van der Waals surface area contributed by atoms with Crippen LogP contribution < -0.4 is 10.6 Å². The Bertz CT molecular complexity index is 712. The molecule has 0 bridgehead atoms. The highest BCUT2D eigenvalue weighted by Gasteiger charge is 2.17. The molecule has 5 heteroatoms. The summed E-state index contributed by atoms with van der Waals surface area (Å²) >= 11 is 0. The largest absolute Gasteiger partial charge is 0.326 e. The van der Waals surface area contributed by atoms with E-state index in [0.717, 1.165) is 35.5 Å². The van der Waals surface area contributed by atoms with E-state index in [1.807, 2.05) is 54.6 Å². The molecule has 0 spiro atoms. The number of anilines is 1. The molecule has 2 atom stereocenters. The minimum Gasteiger partial charge on any atom is -0.326 e. The molecule has 1 amide bonds. The standard InChI is InChI=1S/C19H22N2O2S/c22-19(13-16-8-5-11-20-16)21-17-7-4-6-15(12-17)14-24(23)18-9-2-1-3-10-18/h1-4,6-7,9-10,12,16,20H,5,8,11,13-14H2,(H,21,22). The van der Waals surface area contributed by atoms with Gasteiger partial charge in [0.15, 0.2) is 0 Å². The summed E-state index contributed by atoms with van der Waals surface area (Å²) in [6.45, 7) is 0.999. The van der Waals surface area contributed by atoms with E-state index in [1.165, 1.54) is 0 Å². The first-order chi connectivity index (χ1) is 11.7. The predicted molar refractivity (Wildman–Crippen MR) is 97.3 cm³/mol. The van der Waals surface area contributed by atoms with E-state index in [0.29, 0.717) is 18.2 Å². The molecule has 2 N–H and O–H groups in total. The summed E-state index contributed by atoms with van der Waals surface area (Å²) < 4.78 is 12.4. The molecule has 2 aromatic rings. The molecule has 3 rings (SSSR count). The summed E-state index contributed by atoms with van der Waals surface area (Å²) in [4.78, 5) is 12.9. The van der Waals surface area contributed by atoms with E-state index < -0.39 is 10.8 Å². The molecular formula is C19H22N2O2S. The Kier molecular flexibility index (Phi) is 5.77. The first-order valence-corrected chi connectivity index (χ1v) is 9.58. The van der Waals surface area contributed by atoms with E-state index in [4.69, 9.17) is 0 Å². The molecule has 1 aliphatic heterocycles. The van der Waals surface area contributed by atoms with Crippen LogP contribution >= 0.6 is 0 Å². The van der Waals surface area contributed by atoms with Gasteiger partial charge in [0.05, 0.1) is 16.6 Å². The Morgan fingerprint density at radius 3 is 2.75 bits per heavy atom. The number of hydrogen-bond donors (Lipinski definition) is 2. The average Bonchev–Trinajstić information content (AvgIpc) is 3.08. The van der Waals surface area contributed by atoms with Crippen molar-refractivity contribution in [3.05, 3.63) is 60.2 Å². The molecule has 126 valence electrons. The monoisotopic (exact) mass is 342 g/mol. The van der Waals surface area contributed by atoms with Crippen LogP contribution in [-0.2, 0) is 21.3 Å². The molecule has 1 heterocycles. The van der Waals surface area contributed by atoms with Crippen molar-refractivity contribution in [3.8, 4) is 0 Å². The van der Waals surface area contributed by atoms with Crippen LogP contribution in [0.5, 0.6) is 0 Å². The number of hydrogen-bond acceptors (Lipinski definition) is 3. The molecule has 0 radical (unpaired) electrons. The minimum atomic E-state index is -1.08. The van der Waals surface area contributed by atoms with Crippen LogP contribution in [0.25, 0.3) is 0 Å². The maximum atomic E-state index is 12.4. The molecule has 1 fully saturated rings. The van der Waals surface area contributed by atoms with Gasteiger partial charge in [-0.05, 0) is 49.2 Å². The zero-order chi connectivity index (χ0) is 16.8. The van der Waals surface area contributed by atoms with Crippen LogP contribution in [0.3, 0.4) is 0 Å². The Morgan fingerprint density at radius 1 is 1.17 bits per heavy atom. The second-order valence-electron chi connectivity index (χ2n) is 6.05. The topological polar surface area (TPSA) is 58.2 Å². The molecule has 1 aliphatic rings. The van der Waals surface area contributed by atoms with Crippen molar-refractivity contribution in [2.45, 2.75) is 36.0 Å². The van der Waals surface area contributed by atoms with Crippen LogP contribution in [0.4, 0.5) is 5.69 Å². The molecule has 1 saturated heterocycles. The molecule has 2 unspecified atom stereocenters. The van der Waals surface area contributed by atoms with Gasteiger partial charge in [0.25, 0.3) is 0 Å². The highest BCUT2D eigenvalue weighted by atomic mass is 32.2. The number of rotatable bonds is 6. The average molecular weight is 342 g/mol. The Hall–Kier alpha value is -1.98. The SMILES string of the molecule is O=C(CC1CCCN1)Nc1cccc(CS(=O)c2ccccc2)c1. The molecule has 4 nitrogen and oxygen atoms in total. The van der Waals surface area contributed by atoms with Crippen molar-refractivity contribution < 1.29 is 9.00 Å². The molecule has 0 saturated carbocycles. The summed E-state index contributed by atoms with van der Waals surface area (Å²) in [7, 11) is -1.08. The zero-order valence-corrected chi connectivity index (χ0v) is 14.4. The van der Waals surface area contributed by atoms with Crippen LogP contribution in [0, 0.1) is 0 Å². The number of benzene rings is 2. The third-order valence-corrected chi connectivity index (χ3v) is 5.50. The van der Waals surface area contributed by atoms with E-state index in [9.17, 15) is 9.00 Å². The highest BCUT2D eigenvalue weighted by Crippen LogP contribution is 2.17. The fourth-order valence-corrected chi connectivity index (χ4v) is 4.02. The first kappa shape index (κ1) is 16.9. The van der Waals surface area contributed by atoms with Gasteiger partial charge in [-0.2, -0.15) is 0 Å². The van der Waals surface area contributed by atoms with Gasteiger partial charge < -0.3 is 10.6 Å². The normalized spacial score (nSPS) is 18.2. The second kappa shape index (κ2) is 8.22. The van der Waals surface area contributed by atoms with E-state index in [1.54, 1.807) is 0 Å². The Morgan fingerprint density at radius 2 is 2.00 bits per heavy atom. The summed E-state index contributed by atoms with van der Waals surface area (Å²) in [5.74, 6) is 0.466. The number of carbonyl (C=O) groups is 1. The van der Waals surface area contributed by atoms with Gasteiger partial charge in [-0.25, -0.2) is 0 Å². The molecule has 0 aromatic heterocycles. The van der Waals surface area contributed by atoms with Crippen LogP contribution in [0.2, 0.25) is 0 Å². The van der Waals surface area contributed by atoms with Gasteiger partial charge in [0, 0.05) is 23.0 Å². The van der Waals surface area contributed by atoms with Crippen molar-refractivity contribution in [1.29, 1.82) is 0 Å². The van der Waals surface area contributed by atoms with E-state index >= 15 is 0 Å². The van der Waals surface area contributed by atoms with E-state index in [-0.39, 0.29) is 5.91 Å². The quantitative estimate of drug-likeness (QED) is 0.848. The molecule has 2 aromatic carbocycles. The predicted octanol–water partition coefficient (Wildman–Crippen LogP) is 3.08. The van der Waals surface area contributed by atoms with Crippen molar-refractivity contribution in [2.75, 3.05) is 11.9 Å². The summed E-state index contributed by atoms with van der Waals surface area (Å²) in [5.41, 5.74) is 1.72. The molecule has 24 heavy (non-hydrogen) atoms. The lowest BCUT2D eigenvalue weighted by Gasteiger charge is -2.11. The zero-order valence-electron chi connectivity index (χ0n) is 13.5. The lowest BCUT2D eigenvalue weighted by Crippen LogP contribution is -2.27. The lowest BCUT2D eigenvalue weighted by atomic mass is 10.1. The van der Waals surface area contributed by atoms with Crippen LogP contribution in [0.1, 0.15) is 24.8 Å². The minimum absolute atomic E-state index is 0.0238. The van der Waals surface area contributed by atoms with Gasteiger partial charge in [0.2, 0.25) is 5.91 Å². The Labute approximate surface area is 145 Å². The van der Waals surface area contributed by atoms with Crippen molar-refractivity contribution in [2.24, 2.45) is 0 Å². The Balaban J connectivity index is 1.59. The van der Waals surface area contributed by atoms with Gasteiger partial charge in [-0.3, -0.25) is 9.00 Å². The second-order valence-corrected chi connectivity index (χ2v) is 7.50. The molecule has 0 aliphatic carbocycles. The van der Waals surface area contributed by atoms with E-state index in [2.05, 4.69) is 10.6 Å². The number of amides is 1. The molecular weight excluding hydrogens is 320 g/mol. The number of carbonyl (C=O) groups excluding carboxylic acids is 1. The summed E-state index contributed by atoms with van der Waals surface area (Å²) in [6, 6.07) is 17.3. The van der Waals surface area contributed by atoms with Crippen molar-refractivity contribution in [3.63, 3.8) is 0 Å². The summed E-state index contributed by atoms with van der Waals surface area (Å²) in [5, 5.41) is 6.27. The van der Waals surface area contributed by atoms with Gasteiger partial charge in [-0.1, -0.05) is 30.3 Å². The smallest absolute Gasteiger partial charge is 0.225 e. The third-order valence-electron chi connectivity index (χ3n) is 4.11. The fourth-order valence-electron chi connectivity index (χ4n) is 2.91. The van der Waals surface area contributed by atoms with Gasteiger partial charge in [-0.15, -0.1) is 0 Å². The van der Waals surface area contributed by atoms with Gasteiger partial charge in [0.1, 0.15) is 0 Å². The summed E-state index contributed by atoms with van der Waals surface area (Å²) in [6.07, 6.45) is 2.70. The lowest BCUT2D eigenvalue weighted by molar-refractivity contribution is -0.116. The maximum absolute atomic E-state index is 12.4. The highest BCUT2D eigenvalue weighted by molar-refractivity contribution is 7.84. The van der Waals surface area contributed by atoms with Crippen LogP contribution in [-0.4, -0.2) is 22.7 Å². The first-order valence-electron chi connectivity index (χ1n) is 8.26.